The Morgan fingerprint density at radius 3 is 2.53 bits per heavy atom. The van der Waals surface area contributed by atoms with Gasteiger partial charge in [-0.25, -0.2) is 0 Å². The van der Waals surface area contributed by atoms with Crippen LogP contribution in [0.1, 0.15) is 5.56 Å². The molecule has 5 N–H and O–H groups in total. The summed E-state index contributed by atoms with van der Waals surface area (Å²) in [5, 5.41) is 34.3. The van der Waals surface area contributed by atoms with Gasteiger partial charge in [-0.3, -0.25) is 0 Å². The summed E-state index contributed by atoms with van der Waals surface area (Å²) in [7, 11) is 0. The van der Waals surface area contributed by atoms with Crippen molar-refractivity contribution in [2.75, 3.05) is 13.1 Å². The summed E-state index contributed by atoms with van der Waals surface area (Å²) in [4.78, 5) is 0. The first kappa shape index (κ1) is 12.3. The maximum absolute atomic E-state index is 9.61. The van der Waals surface area contributed by atoms with Crippen LogP contribution in [0.4, 0.5) is 0 Å². The van der Waals surface area contributed by atoms with Crippen molar-refractivity contribution in [2.24, 2.45) is 0 Å². The maximum atomic E-state index is 9.61. The van der Waals surface area contributed by atoms with Gasteiger partial charge in [-0.15, -0.1) is 0 Å². The van der Waals surface area contributed by atoms with E-state index >= 15 is 0 Å². The van der Waals surface area contributed by atoms with Gasteiger partial charge < -0.3 is 26.0 Å². The summed E-state index contributed by atoms with van der Waals surface area (Å²) in [5.41, 5.74) is 1.07. The Kier molecular flexibility index (Phi) is 3.96. The van der Waals surface area contributed by atoms with E-state index in [1.54, 1.807) is 12.1 Å². The second-order valence-electron chi connectivity index (χ2n) is 4.37. The molecule has 5 heteroatoms. The molecule has 1 aliphatic rings. The maximum Gasteiger partial charge on any atom is 0.115 e. The lowest BCUT2D eigenvalue weighted by atomic mass is 10.1. The number of hydrogen-bond donors (Lipinski definition) is 5. The Hall–Kier alpha value is -1.14. The Bertz CT molecular complexity index is 355. The Morgan fingerprint density at radius 2 is 1.94 bits per heavy atom. The number of rotatable bonds is 4. The van der Waals surface area contributed by atoms with Crippen LogP contribution < -0.4 is 10.6 Å². The molecule has 1 aromatic rings. The summed E-state index contributed by atoms with van der Waals surface area (Å²) >= 11 is 0. The van der Waals surface area contributed by atoms with Crippen molar-refractivity contribution in [2.45, 2.75) is 24.8 Å². The third kappa shape index (κ3) is 3.17. The van der Waals surface area contributed by atoms with E-state index < -0.39 is 12.2 Å². The second-order valence-corrected chi connectivity index (χ2v) is 4.37. The van der Waals surface area contributed by atoms with Gasteiger partial charge in [0, 0.05) is 25.7 Å². The van der Waals surface area contributed by atoms with E-state index in [2.05, 4.69) is 10.6 Å². The quantitative estimate of drug-likeness (QED) is 0.473. The fraction of sp³-hybridized carbons (Fsp3) is 0.500. The summed E-state index contributed by atoms with van der Waals surface area (Å²) < 4.78 is 0. The van der Waals surface area contributed by atoms with Crippen LogP contribution >= 0.6 is 0 Å². The first-order valence-electron chi connectivity index (χ1n) is 5.75. The summed E-state index contributed by atoms with van der Waals surface area (Å²) in [6, 6.07) is 6.86. The molecule has 1 aliphatic heterocycles. The number of phenols is 1. The number of hydrogen-bond acceptors (Lipinski definition) is 5. The lowest BCUT2D eigenvalue weighted by Crippen LogP contribution is -2.41. The Labute approximate surface area is 100 Å². The van der Waals surface area contributed by atoms with Crippen molar-refractivity contribution >= 4 is 0 Å². The summed E-state index contributed by atoms with van der Waals surface area (Å²) in [6.45, 7) is 1.70. The van der Waals surface area contributed by atoms with Gasteiger partial charge in [-0.1, -0.05) is 12.1 Å². The molecule has 0 spiro atoms. The minimum absolute atomic E-state index is 0.109. The highest BCUT2D eigenvalue weighted by Gasteiger charge is 2.32. The van der Waals surface area contributed by atoms with Gasteiger partial charge in [0.25, 0.3) is 0 Å². The van der Waals surface area contributed by atoms with E-state index in [0.29, 0.717) is 19.6 Å². The number of aliphatic hydroxyl groups is 2. The molecular weight excluding hydrogens is 220 g/mol. The van der Waals surface area contributed by atoms with Crippen LogP contribution in [0.25, 0.3) is 0 Å². The van der Waals surface area contributed by atoms with E-state index in [9.17, 15) is 10.2 Å². The van der Waals surface area contributed by atoms with E-state index in [4.69, 9.17) is 5.11 Å². The van der Waals surface area contributed by atoms with Crippen molar-refractivity contribution in [1.29, 1.82) is 0 Å². The first-order chi connectivity index (χ1) is 8.16. The third-order valence-electron chi connectivity index (χ3n) is 3.03. The zero-order valence-corrected chi connectivity index (χ0v) is 9.50. The molecule has 1 fully saturated rings. The molecule has 3 atom stereocenters. The van der Waals surface area contributed by atoms with Crippen molar-refractivity contribution < 1.29 is 15.3 Å². The fourth-order valence-electron chi connectivity index (χ4n) is 1.96. The predicted octanol–water partition coefficient (Wildman–Crippen LogP) is -0.825. The topological polar surface area (TPSA) is 84.8 Å². The summed E-state index contributed by atoms with van der Waals surface area (Å²) in [5.74, 6) is 0.254. The highest BCUT2D eigenvalue weighted by Crippen LogP contribution is 2.10. The molecule has 17 heavy (non-hydrogen) atoms. The molecule has 1 heterocycles. The van der Waals surface area contributed by atoms with Crippen LogP contribution in [0, 0.1) is 0 Å². The predicted molar refractivity (Wildman–Crippen MR) is 63.6 cm³/mol. The minimum Gasteiger partial charge on any atom is -0.508 e. The highest BCUT2D eigenvalue weighted by atomic mass is 16.3. The summed E-state index contributed by atoms with van der Waals surface area (Å²) in [6.07, 6.45) is -1.38. The molecule has 0 radical (unpaired) electrons. The van der Waals surface area contributed by atoms with Gasteiger partial charge in [0.2, 0.25) is 0 Å². The Morgan fingerprint density at radius 1 is 1.24 bits per heavy atom. The fourth-order valence-corrected chi connectivity index (χ4v) is 1.96. The monoisotopic (exact) mass is 238 g/mol. The van der Waals surface area contributed by atoms with Gasteiger partial charge in [0.1, 0.15) is 5.75 Å². The van der Waals surface area contributed by atoms with Crippen LogP contribution in [-0.2, 0) is 6.54 Å². The van der Waals surface area contributed by atoms with Crippen LogP contribution in [-0.4, -0.2) is 46.7 Å². The van der Waals surface area contributed by atoms with Gasteiger partial charge >= 0.3 is 0 Å². The van der Waals surface area contributed by atoms with Crippen molar-refractivity contribution in [1.82, 2.24) is 10.6 Å². The van der Waals surface area contributed by atoms with Crippen LogP contribution in [0.3, 0.4) is 0 Å². The first-order valence-corrected chi connectivity index (χ1v) is 5.75. The van der Waals surface area contributed by atoms with Crippen molar-refractivity contribution in [3.63, 3.8) is 0 Å². The zero-order chi connectivity index (χ0) is 12.3. The number of aromatic hydroxyl groups is 1. The van der Waals surface area contributed by atoms with E-state index in [0.717, 1.165) is 5.56 Å². The lowest BCUT2D eigenvalue weighted by molar-refractivity contribution is 0.0407. The number of aliphatic hydroxyl groups excluding tert-OH is 2. The largest absolute Gasteiger partial charge is 0.508 e. The second kappa shape index (κ2) is 5.46. The molecule has 0 aromatic heterocycles. The molecule has 5 nitrogen and oxygen atoms in total. The molecule has 1 aromatic carbocycles. The molecule has 0 aliphatic carbocycles. The zero-order valence-electron chi connectivity index (χ0n) is 9.50. The number of β-amino-alcohol motifs (C(OH)–C–C–N with tert-alkyl or cyclic N) is 1. The van der Waals surface area contributed by atoms with Crippen molar-refractivity contribution in [3.8, 4) is 5.75 Å². The molecule has 0 unspecified atom stereocenters. The van der Waals surface area contributed by atoms with Gasteiger partial charge in [0.15, 0.2) is 0 Å². The normalized spacial score (nSPS) is 28.5. The highest BCUT2D eigenvalue weighted by molar-refractivity contribution is 5.25. The Balaban J connectivity index is 1.74. The van der Waals surface area contributed by atoms with Crippen molar-refractivity contribution in [3.05, 3.63) is 29.8 Å². The van der Waals surface area contributed by atoms with Gasteiger partial charge in [0.05, 0.1) is 12.2 Å². The van der Waals surface area contributed by atoms with E-state index in [1.165, 1.54) is 0 Å². The number of benzene rings is 1. The van der Waals surface area contributed by atoms with Crippen LogP contribution in [0.5, 0.6) is 5.75 Å². The van der Waals surface area contributed by atoms with Crippen LogP contribution in [0.2, 0.25) is 0 Å². The minimum atomic E-state index is -0.706. The van der Waals surface area contributed by atoms with Gasteiger partial charge in [-0.2, -0.15) is 0 Å². The molecule has 1 saturated heterocycles. The van der Waals surface area contributed by atoms with E-state index in [1.807, 2.05) is 12.1 Å². The van der Waals surface area contributed by atoms with Gasteiger partial charge in [-0.05, 0) is 17.7 Å². The average molecular weight is 238 g/mol. The molecule has 94 valence electrons. The smallest absolute Gasteiger partial charge is 0.115 e. The molecule has 0 bridgehead atoms. The van der Waals surface area contributed by atoms with E-state index in [-0.39, 0.29) is 11.8 Å². The average Bonchev–Trinajstić information content (AvgIpc) is 2.64. The number of nitrogens with one attached hydrogen (secondary N) is 2. The van der Waals surface area contributed by atoms with Crippen LogP contribution in [0.15, 0.2) is 24.3 Å². The number of phenolic OH excluding ortho intramolecular Hbond substituents is 1. The third-order valence-corrected chi connectivity index (χ3v) is 3.03. The molecule has 0 saturated carbocycles. The standard InChI is InChI=1S/C12H18N2O3/c15-9-3-1-8(2-4-9)5-13-6-10-12(17)11(16)7-14-10/h1-4,10-17H,5-7H2/t10-,11+,12-/m1/s1. The molecular formula is C12H18N2O3. The lowest BCUT2D eigenvalue weighted by Gasteiger charge is -2.16. The molecule has 2 rings (SSSR count). The SMILES string of the molecule is Oc1ccc(CNC[C@H]2NC[C@H](O)[C@@H]2O)cc1. The molecule has 0 amide bonds.